The molecule has 0 saturated carbocycles. The van der Waals surface area contributed by atoms with Gasteiger partial charge in [0.25, 0.3) is 0 Å². The van der Waals surface area contributed by atoms with Crippen LogP contribution >= 0.6 is 0 Å². The van der Waals surface area contributed by atoms with E-state index in [2.05, 4.69) is 15.4 Å². The highest BCUT2D eigenvalue weighted by Gasteiger charge is 2.35. The Labute approximate surface area is 268 Å². The number of hydrazine groups is 1. The topological polar surface area (TPSA) is 142 Å². The summed E-state index contributed by atoms with van der Waals surface area (Å²) in [5, 5.41) is 19.7. The molecule has 11 nitrogen and oxygen atoms in total. The molecule has 0 spiro atoms. The number of hydrogen-bond acceptors (Lipinski definition) is 10. The van der Waals surface area contributed by atoms with Gasteiger partial charge in [-0.1, -0.05) is 19.4 Å². The number of carbonyl (C=O) groups is 2. The van der Waals surface area contributed by atoms with Crippen LogP contribution < -0.4 is 21.1 Å². The summed E-state index contributed by atoms with van der Waals surface area (Å²) in [5.74, 6) is 0.103. The van der Waals surface area contributed by atoms with Crippen molar-refractivity contribution in [2.45, 2.75) is 70.6 Å². The number of benzene rings is 1. The third kappa shape index (κ3) is 12.8. The van der Waals surface area contributed by atoms with E-state index in [-0.39, 0.29) is 29.7 Å². The Kier molecular flexibility index (Phi) is 16.3. The van der Waals surface area contributed by atoms with Gasteiger partial charge in [-0.25, -0.2) is 5.01 Å². The molecule has 0 radical (unpaired) electrons. The fourth-order valence-corrected chi connectivity index (χ4v) is 5.18. The summed E-state index contributed by atoms with van der Waals surface area (Å²) in [6.07, 6.45) is 3.15. The van der Waals surface area contributed by atoms with E-state index in [1.54, 1.807) is 13.2 Å². The number of nitrogens with two attached hydrogens (primary N) is 1. The standard InChI is InChI=1S/C31H43F3N6O4.CH2O/c1-4-7-29(30(36)41)38-18-25-14-27(9-8-24(25)21-42-3)43-11-6-5-10-37-17-23-19-39(2)40(20-23)26-12-22(16-35)13-28(15-26)44-31(32,33)34;1-2/h8-9,12-14,20,26,29,37-38H,4-7,10-11,15,17-19,21H2,1-3H3,(H2,36,41);1H2. The molecule has 4 N–H and O–H groups in total. The lowest BCUT2D eigenvalue weighted by Crippen LogP contribution is -2.40. The second-order valence-corrected chi connectivity index (χ2v) is 10.9. The number of unbranched alkanes of at least 4 members (excludes halogenated alkanes) is 1. The number of nitrogens with zero attached hydrogens (tertiary/aromatic N) is 3. The number of methoxy groups -OCH3 is 1. The van der Waals surface area contributed by atoms with Gasteiger partial charge in [0.05, 0.1) is 36.9 Å². The lowest BCUT2D eigenvalue weighted by Gasteiger charge is -2.34. The fourth-order valence-electron chi connectivity index (χ4n) is 5.18. The Morgan fingerprint density at radius 2 is 2.00 bits per heavy atom. The zero-order valence-electron chi connectivity index (χ0n) is 26.7. The molecule has 0 aromatic heterocycles. The van der Waals surface area contributed by atoms with Crippen LogP contribution in [0.5, 0.6) is 5.75 Å². The van der Waals surface area contributed by atoms with E-state index in [9.17, 15) is 23.2 Å². The van der Waals surface area contributed by atoms with Crippen molar-refractivity contribution in [1.82, 2.24) is 20.7 Å². The molecule has 1 heterocycles. The van der Waals surface area contributed by atoms with Gasteiger partial charge in [0.15, 0.2) is 0 Å². The van der Waals surface area contributed by atoms with Gasteiger partial charge in [-0.15, -0.1) is 13.2 Å². The Morgan fingerprint density at radius 1 is 1.24 bits per heavy atom. The van der Waals surface area contributed by atoms with Crippen LogP contribution in [0.4, 0.5) is 13.2 Å². The van der Waals surface area contributed by atoms with Gasteiger partial charge >= 0.3 is 6.36 Å². The van der Waals surface area contributed by atoms with Gasteiger partial charge in [0.2, 0.25) is 5.91 Å². The Bertz CT molecular complexity index is 1260. The molecule has 1 aliphatic heterocycles. The first-order chi connectivity index (χ1) is 22.0. The molecule has 254 valence electrons. The zero-order chi connectivity index (χ0) is 34.1. The van der Waals surface area contributed by atoms with Crippen LogP contribution in [-0.2, 0) is 32.2 Å². The quantitative estimate of drug-likeness (QED) is 0.201. The molecule has 2 aliphatic rings. The van der Waals surface area contributed by atoms with Crippen molar-refractivity contribution in [3.8, 4) is 11.8 Å². The van der Waals surface area contributed by atoms with Crippen LogP contribution in [0.2, 0.25) is 0 Å². The minimum atomic E-state index is -4.80. The zero-order valence-corrected chi connectivity index (χ0v) is 26.7. The van der Waals surface area contributed by atoms with Gasteiger partial charge in [0.1, 0.15) is 18.3 Å². The minimum Gasteiger partial charge on any atom is -0.494 e. The number of likely N-dealkylation sites (N-methyl/N-ethyl adjacent to an activating group) is 1. The molecule has 0 bridgehead atoms. The van der Waals surface area contributed by atoms with Crippen LogP contribution in [0, 0.1) is 11.3 Å². The summed E-state index contributed by atoms with van der Waals surface area (Å²) in [6.45, 7) is 7.50. The van der Waals surface area contributed by atoms with Crippen LogP contribution in [0.1, 0.15) is 50.2 Å². The number of nitriles is 1. The van der Waals surface area contributed by atoms with E-state index < -0.39 is 12.4 Å². The van der Waals surface area contributed by atoms with Crippen molar-refractivity contribution < 1.29 is 37.0 Å². The van der Waals surface area contributed by atoms with Crippen molar-refractivity contribution in [2.24, 2.45) is 5.73 Å². The minimum absolute atomic E-state index is 0.00605. The second-order valence-electron chi connectivity index (χ2n) is 10.9. The largest absolute Gasteiger partial charge is 0.572 e. The van der Waals surface area contributed by atoms with E-state index in [4.69, 9.17) is 20.0 Å². The number of carbonyl (C=O) groups excluding carboxylic acids is 2. The molecule has 1 aliphatic carbocycles. The lowest BCUT2D eigenvalue weighted by atomic mass is 10.0. The summed E-state index contributed by atoms with van der Waals surface area (Å²) in [5.41, 5.74) is 8.75. The maximum atomic E-state index is 12.8. The number of allylic oxidation sites excluding steroid dienone is 2. The van der Waals surface area contributed by atoms with Gasteiger partial charge in [-0.2, -0.15) is 5.26 Å². The highest BCUT2D eigenvalue weighted by atomic mass is 19.4. The number of alkyl halides is 3. The second kappa shape index (κ2) is 19.6. The maximum absolute atomic E-state index is 12.8. The number of rotatable bonds is 18. The molecule has 14 heteroatoms. The molecular weight excluding hydrogens is 605 g/mol. The first kappa shape index (κ1) is 38.3. The Hall–Kier alpha value is -3.90. The molecule has 1 aromatic carbocycles. The predicted octanol–water partition coefficient (Wildman–Crippen LogP) is 3.83. The van der Waals surface area contributed by atoms with E-state index in [0.29, 0.717) is 39.3 Å². The average molecular weight is 651 g/mol. The molecule has 1 aromatic rings. The van der Waals surface area contributed by atoms with E-state index in [0.717, 1.165) is 54.3 Å². The summed E-state index contributed by atoms with van der Waals surface area (Å²) in [6, 6.07) is 6.93. The number of amides is 1. The number of nitrogens with one attached hydrogen (secondary N) is 2. The van der Waals surface area contributed by atoms with Crippen LogP contribution in [0.25, 0.3) is 0 Å². The third-order valence-electron chi connectivity index (χ3n) is 7.26. The van der Waals surface area contributed by atoms with Crippen molar-refractivity contribution in [3.63, 3.8) is 0 Å². The molecule has 0 fully saturated rings. The molecule has 3 rings (SSSR count). The van der Waals surface area contributed by atoms with Gasteiger partial charge < -0.3 is 40.4 Å². The van der Waals surface area contributed by atoms with E-state index >= 15 is 0 Å². The van der Waals surface area contributed by atoms with Crippen LogP contribution in [0.15, 0.2) is 53.5 Å². The maximum Gasteiger partial charge on any atom is 0.572 e. The van der Waals surface area contributed by atoms with Crippen LogP contribution in [-0.4, -0.2) is 81.6 Å². The number of ether oxygens (including phenoxy) is 3. The summed E-state index contributed by atoms with van der Waals surface area (Å²) >= 11 is 0. The third-order valence-corrected chi connectivity index (χ3v) is 7.26. The SMILES string of the molecule is C=O.CCCC(NCc1cc(OCCCCNCC2=CN(C3C=C(C#N)C=C(OC(F)(F)F)C3)N(C)C2)ccc1COC)C(N)=O. The van der Waals surface area contributed by atoms with E-state index in [1.165, 1.54) is 0 Å². The number of halogens is 3. The monoisotopic (exact) mass is 650 g/mol. The van der Waals surface area contributed by atoms with Gasteiger partial charge in [-0.05, 0) is 66.8 Å². The molecule has 2 unspecified atom stereocenters. The molecular formula is C32H45F3N6O5. The summed E-state index contributed by atoms with van der Waals surface area (Å²) < 4.78 is 53.7. The smallest absolute Gasteiger partial charge is 0.494 e. The Morgan fingerprint density at radius 3 is 2.65 bits per heavy atom. The van der Waals surface area contributed by atoms with Crippen molar-refractivity contribution in [3.05, 3.63) is 64.6 Å². The van der Waals surface area contributed by atoms with E-state index in [1.807, 2.05) is 61.2 Å². The molecule has 2 atom stereocenters. The average Bonchev–Trinajstić information content (AvgIpc) is 3.39. The summed E-state index contributed by atoms with van der Waals surface area (Å²) in [4.78, 5) is 19.7. The molecule has 46 heavy (non-hydrogen) atoms. The molecule has 0 saturated heterocycles. The number of primary amides is 1. The lowest BCUT2D eigenvalue weighted by molar-refractivity contribution is -0.307. The van der Waals surface area contributed by atoms with Gasteiger partial charge in [0, 0.05) is 46.4 Å². The fraction of sp³-hybridized carbons (Fsp3) is 0.531. The predicted molar refractivity (Wildman–Crippen MR) is 166 cm³/mol. The number of hydrogen-bond donors (Lipinski definition) is 3. The Balaban J connectivity index is 0.00000361. The highest BCUT2D eigenvalue weighted by Crippen LogP contribution is 2.31. The van der Waals surface area contributed by atoms with Crippen molar-refractivity contribution in [1.29, 1.82) is 5.26 Å². The first-order valence-electron chi connectivity index (χ1n) is 15.1. The normalized spacial score (nSPS) is 17.2. The van der Waals surface area contributed by atoms with Crippen molar-refractivity contribution >= 4 is 12.7 Å². The first-order valence-corrected chi connectivity index (χ1v) is 15.1. The van der Waals surface area contributed by atoms with Crippen molar-refractivity contribution in [2.75, 3.05) is 40.4 Å². The highest BCUT2D eigenvalue weighted by molar-refractivity contribution is 5.79. The van der Waals surface area contributed by atoms with Gasteiger partial charge in [-0.3, -0.25) is 4.79 Å². The van der Waals surface area contributed by atoms with Crippen LogP contribution in [0.3, 0.4) is 0 Å². The molecule has 1 amide bonds. The summed E-state index contributed by atoms with van der Waals surface area (Å²) in [7, 11) is 3.49.